The van der Waals surface area contributed by atoms with E-state index in [0.29, 0.717) is 15.8 Å². The largest absolute Gasteiger partial charge is 0.496 e. The first-order chi connectivity index (χ1) is 8.63. The van der Waals surface area contributed by atoms with Crippen LogP contribution >= 0.6 is 15.9 Å². The molecule has 1 unspecified atom stereocenters. The molecule has 1 atom stereocenters. The maximum Gasteiger partial charge on any atom is 0.130 e. The van der Waals surface area contributed by atoms with Crippen molar-refractivity contribution in [1.82, 2.24) is 0 Å². The van der Waals surface area contributed by atoms with E-state index in [0.717, 1.165) is 0 Å². The number of aliphatic hydroxyl groups excluding tert-OH is 1. The van der Waals surface area contributed by atoms with E-state index in [1.54, 1.807) is 36.4 Å². The Bertz CT molecular complexity index is 557. The number of benzene rings is 2. The third-order valence-electron chi connectivity index (χ3n) is 2.69. The third-order valence-corrected chi connectivity index (χ3v) is 3.18. The smallest absolute Gasteiger partial charge is 0.130 e. The molecule has 0 aromatic heterocycles. The Labute approximate surface area is 113 Å². The Kier molecular flexibility index (Phi) is 3.99. The Morgan fingerprint density at radius 3 is 2.56 bits per heavy atom. The number of para-hydroxylation sites is 1. The number of halogens is 2. The topological polar surface area (TPSA) is 29.5 Å². The molecule has 0 saturated heterocycles. The SMILES string of the molecule is COc1ccccc1C(O)c1ccc(Br)cc1F. The van der Waals surface area contributed by atoms with Gasteiger partial charge in [-0.3, -0.25) is 0 Å². The third kappa shape index (κ3) is 2.54. The molecular formula is C14H12BrFO2. The maximum atomic E-state index is 13.8. The summed E-state index contributed by atoms with van der Waals surface area (Å²) in [6.07, 6.45) is -1.05. The molecule has 0 amide bonds. The Morgan fingerprint density at radius 1 is 1.17 bits per heavy atom. The van der Waals surface area contributed by atoms with Crippen molar-refractivity contribution in [3.05, 3.63) is 63.9 Å². The van der Waals surface area contributed by atoms with Crippen molar-refractivity contribution in [3.63, 3.8) is 0 Å². The lowest BCUT2D eigenvalue weighted by atomic mass is 10.0. The molecule has 0 spiro atoms. The molecule has 18 heavy (non-hydrogen) atoms. The number of rotatable bonds is 3. The van der Waals surface area contributed by atoms with E-state index < -0.39 is 11.9 Å². The van der Waals surface area contributed by atoms with Gasteiger partial charge >= 0.3 is 0 Å². The van der Waals surface area contributed by atoms with Gasteiger partial charge in [0, 0.05) is 15.6 Å². The summed E-state index contributed by atoms with van der Waals surface area (Å²) in [6, 6.07) is 11.6. The molecule has 0 saturated carbocycles. The standard InChI is InChI=1S/C14H12BrFO2/c1-18-13-5-3-2-4-11(13)14(17)10-7-6-9(15)8-12(10)16/h2-8,14,17H,1H3. The van der Waals surface area contributed by atoms with E-state index in [1.807, 2.05) is 0 Å². The van der Waals surface area contributed by atoms with Crippen LogP contribution in [-0.4, -0.2) is 12.2 Å². The minimum Gasteiger partial charge on any atom is -0.496 e. The van der Waals surface area contributed by atoms with Crippen LogP contribution in [-0.2, 0) is 0 Å². The Hall–Kier alpha value is -1.39. The van der Waals surface area contributed by atoms with Gasteiger partial charge in [0.2, 0.25) is 0 Å². The van der Waals surface area contributed by atoms with E-state index in [2.05, 4.69) is 15.9 Å². The predicted octanol–water partition coefficient (Wildman–Crippen LogP) is 3.68. The lowest BCUT2D eigenvalue weighted by Gasteiger charge is -2.15. The van der Waals surface area contributed by atoms with Crippen LogP contribution in [0.4, 0.5) is 4.39 Å². The lowest BCUT2D eigenvalue weighted by molar-refractivity contribution is 0.209. The van der Waals surface area contributed by atoms with Gasteiger partial charge in [-0.15, -0.1) is 0 Å². The first-order valence-electron chi connectivity index (χ1n) is 5.39. The van der Waals surface area contributed by atoms with Crippen molar-refractivity contribution >= 4 is 15.9 Å². The average Bonchev–Trinajstić information content (AvgIpc) is 2.38. The first-order valence-corrected chi connectivity index (χ1v) is 6.18. The van der Waals surface area contributed by atoms with Crippen LogP contribution in [0.2, 0.25) is 0 Å². The zero-order valence-corrected chi connectivity index (χ0v) is 11.3. The molecule has 94 valence electrons. The monoisotopic (exact) mass is 310 g/mol. The zero-order valence-electron chi connectivity index (χ0n) is 9.73. The number of hydrogen-bond donors (Lipinski definition) is 1. The summed E-state index contributed by atoms with van der Waals surface area (Å²) in [5.41, 5.74) is 0.768. The number of ether oxygens (including phenoxy) is 1. The minimum absolute atomic E-state index is 0.225. The zero-order chi connectivity index (χ0) is 13.1. The highest BCUT2D eigenvalue weighted by Crippen LogP contribution is 2.31. The van der Waals surface area contributed by atoms with Gasteiger partial charge in [-0.2, -0.15) is 0 Å². The predicted molar refractivity (Wildman–Crippen MR) is 71.2 cm³/mol. The van der Waals surface area contributed by atoms with Crippen molar-refractivity contribution in [1.29, 1.82) is 0 Å². The molecule has 4 heteroatoms. The van der Waals surface area contributed by atoms with Gasteiger partial charge in [0.15, 0.2) is 0 Å². The molecule has 0 bridgehead atoms. The number of methoxy groups -OCH3 is 1. The molecule has 2 rings (SSSR count). The normalized spacial score (nSPS) is 12.2. The molecule has 0 aliphatic carbocycles. The molecule has 0 heterocycles. The molecular weight excluding hydrogens is 299 g/mol. The van der Waals surface area contributed by atoms with Gasteiger partial charge in [0.05, 0.1) is 7.11 Å². The summed E-state index contributed by atoms with van der Waals surface area (Å²) >= 11 is 3.18. The van der Waals surface area contributed by atoms with E-state index in [1.165, 1.54) is 13.2 Å². The van der Waals surface area contributed by atoms with Crippen LogP contribution < -0.4 is 4.74 Å². The van der Waals surface area contributed by atoms with Crippen LogP contribution in [0.1, 0.15) is 17.2 Å². The summed E-state index contributed by atoms with van der Waals surface area (Å²) < 4.78 is 19.6. The molecule has 2 aromatic rings. The Morgan fingerprint density at radius 2 is 1.89 bits per heavy atom. The molecule has 0 fully saturated rings. The maximum absolute atomic E-state index is 13.8. The van der Waals surface area contributed by atoms with Gasteiger partial charge in [-0.25, -0.2) is 4.39 Å². The number of aliphatic hydroxyl groups is 1. The highest BCUT2D eigenvalue weighted by atomic mass is 79.9. The first kappa shape index (κ1) is 13.1. The minimum atomic E-state index is -1.05. The molecule has 0 radical (unpaired) electrons. The molecule has 1 N–H and O–H groups in total. The van der Waals surface area contributed by atoms with Crippen LogP contribution in [0, 0.1) is 5.82 Å². The number of hydrogen-bond acceptors (Lipinski definition) is 2. The summed E-state index contributed by atoms with van der Waals surface area (Å²) in [7, 11) is 1.52. The van der Waals surface area contributed by atoms with Crippen molar-refractivity contribution in [2.75, 3.05) is 7.11 Å². The summed E-state index contributed by atoms with van der Waals surface area (Å²) in [4.78, 5) is 0. The fraction of sp³-hybridized carbons (Fsp3) is 0.143. The van der Waals surface area contributed by atoms with Gasteiger partial charge in [0.25, 0.3) is 0 Å². The van der Waals surface area contributed by atoms with E-state index in [9.17, 15) is 9.50 Å². The second kappa shape index (κ2) is 5.50. The second-order valence-corrected chi connectivity index (χ2v) is 4.73. The van der Waals surface area contributed by atoms with E-state index in [4.69, 9.17) is 4.74 Å². The van der Waals surface area contributed by atoms with Crippen molar-refractivity contribution in [3.8, 4) is 5.75 Å². The van der Waals surface area contributed by atoms with Crippen LogP contribution in [0.3, 0.4) is 0 Å². The highest BCUT2D eigenvalue weighted by molar-refractivity contribution is 9.10. The quantitative estimate of drug-likeness (QED) is 0.937. The average molecular weight is 311 g/mol. The molecule has 2 nitrogen and oxygen atoms in total. The van der Waals surface area contributed by atoms with Crippen LogP contribution in [0.5, 0.6) is 5.75 Å². The fourth-order valence-corrected chi connectivity index (χ4v) is 2.12. The van der Waals surface area contributed by atoms with Gasteiger partial charge < -0.3 is 9.84 Å². The van der Waals surface area contributed by atoms with E-state index >= 15 is 0 Å². The Balaban J connectivity index is 2.44. The fourth-order valence-electron chi connectivity index (χ4n) is 1.78. The van der Waals surface area contributed by atoms with Crippen LogP contribution in [0.15, 0.2) is 46.9 Å². The summed E-state index contributed by atoms with van der Waals surface area (Å²) in [6.45, 7) is 0. The highest BCUT2D eigenvalue weighted by Gasteiger charge is 2.18. The lowest BCUT2D eigenvalue weighted by Crippen LogP contribution is -2.04. The molecule has 0 aliphatic rings. The summed E-state index contributed by atoms with van der Waals surface area (Å²) in [5.74, 6) is 0.0788. The van der Waals surface area contributed by atoms with Gasteiger partial charge in [0.1, 0.15) is 17.7 Å². The molecule has 0 aliphatic heterocycles. The molecule has 2 aromatic carbocycles. The van der Waals surface area contributed by atoms with Crippen molar-refractivity contribution < 1.29 is 14.2 Å². The van der Waals surface area contributed by atoms with Crippen molar-refractivity contribution in [2.24, 2.45) is 0 Å². The van der Waals surface area contributed by atoms with E-state index in [-0.39, 0.29) is 5.56 Å². The summed E-state index contributed by atoms with van der Waals surface area (Å²) in [5, 5.41) is 10.2. The van der Waals surface area contributed by atoms with Crippen molar-refractivity contribution in [2.45, 2.75) is 6.10 Å². The van der Waals surface area contributed by atoms with Gasteiger partial charge in [-0.1, -0.05) is 40.2 Å². The second-order valence-electron chi connectivity index (χ2n) is 3.81. The van der Waals surface area contributed by atoms with Crippen LogP contribution in [0.25, 0.3) is 0 Å². The van der Waals surface area contributed by atoms with Gasteiger partial charge in [-0.05, 0) is 18.2 Å².